The van der Waals surface area contributed by atoms with Crippen molar-refractivity contribution in [1.29, 1.82) is 0 Å². The minimum absolute atomic E-state index is 0.0365. The molecule has 2 N–H and O–H groups in total. The second kappa shape index (κ2) is 7.47. The molecule has 25 heavy (non-hydrogen) atoms. The maximum atomic E-state index is 13.5. The average molecular weight is 378 g/mol. The van der Waals surface area contributed by atoms with E-state index in [0.717, 1.165) is 11.3 Å². The molecule has 2 aromatic rings. The molecule has 0 radical (unpaired) electrons. The average Bonchev–Trinajstić information content (AvgIpc) is 2.96. The van der Waals surface area contributed by atoms with E-state index in [1.165, 1.54) is 23.5 Å². The minimum atomic E-state index is -4.62. The number of nitrogens with one attached hydrogen (secondary N) is 2. The highest BCUT2D eigenvalue weighted by atomic mass is 32.1. The normalized spacial score (nSPS) is 11.2. The number of esters is 1. The minimum Gasteiger partial charge on any atom is -0.451 e. The van der Waals surface area contributed by atoms with Crippen molar-refractivity contribution < 1.29 is 36.7 Å². The van der Waals surface area contributed by atoms with Crippen molar-refractivity contribution in [2.24, 2.45) is 0 Å². The fourth-order valence-electron chi connectivity index (χ4n) is 1.72. The molecule has 0 spiro atoms. The molecule has 1 heterocycles. The largest absolute Gasteiger partial charge is 0.451 e. The monoisotopic (exact) mass is 378 g/mol. The first-order valence-corrected chi connectivity index (χ1v) is 7.47. The molecule has 0 saturated heterocycles. The van der Waals surface area contributed by atoms with Crippen LogP contribution in [0.15, 0.2) is 24.3 Å². The van der Waals surface area contributed by atoms with Crippen molar-refractivity contribution in [2.45, 2.75) is 6.18 Å². The van der Waals surface area contributed by atoms with E-state index in [4.69, 9.17) is 0 Å². The Kier molecular flexibility index (Phi) is 5.57. The molecule has 0 bridgehead atoms. The molecular weight excluding hydrogens is 368 g/mol. The van der Waals surface area contributed by atoms with Crippen LogP contribution in [0.25, 0.3) is 10.1 Å². The van der Waals surface area contributed by atoms with E-state index < -0.39 is 43.1 Å². The first-order chi connectivity index (χ1) is 11.7. The lowest BCUT2D eigenvalue weighted by Gasteiger charge is -2.09. The third kappa shape index (κ3) is 5.41. The predicted molar refractivity (Wildman–Crippen MR) is 79.7 cm³/mol. The topological polar surface area (TPSA) is 84.5 Å². The van der Waals surface area contributed by atoms with Gasteiger partial charge in [-0.05, 0) is 18.2 Å². The smallest absolute Gasteiger partial charge is 0.405 e. The summed E-state index contributed by atoms with van der Waals surface area (Å²) in [6.07, 6.45) is -4.62. The molecular formula is C14H10F4N2O4S. The quantitative estimate of drug-likeness (QED) is 0.633. The number of hydrogen-bond acceptors (Lipinski definition) is 5. The van der Waals surface area contributed by atoms with Crippen LogP contribution in [0.1, 0.15) is 9.67 Å². The summed E-state index contributed by atoms with van der Waals surface area (Å²) < 4.78 is 54.4. The van der Waals surface area contributed by atoms with E-state index in [-0.39, 0.29) is 10.3 Å². The molecule has 2 rings (SSSR count). The molecule has 0 fully saturated rings. The fraction of sp³-hybridized carbons (Fsp3) is 0.214. The maximum absolute atomic E-state index is 13.5. The molecule has 6 nitrogen and oxygen atoms in total. The van der Waals surface area contributed by atoms with E-state index >= 15 is 0 Å². The van der Waals surface area contributed by atoms with E-state index in [2.05, 4.69) is 4.74 Å². The van der Waals surface area contributed by atoms with Gasteiger partial charge in [0, 0.05) is 10.1 Å². The van der Waals surface area contributed by atoms with Crippen molar-refractivity contribution in [3.05, 3.63) is 35.0 Å². The summed E-state index contributed by atoms with van der Waals surface area (Å²) in [7, 11) is 0. The third-order valence-corrected chi connectivity index (χ3v) is 3.83. The number of carbonyl (C=O) groups is 3. The summed E-state index contributed by atoms with van der Waals surface area (Å²) >= 11 is 0.945. The molecule has 0 atom stereocenters. The van der Waals surface area contributed by atoms with E-state index in [1.807, 2.05) is 0 Å². The van der Waals surface area contributed by atoms with Gasteiger partial charge in [0.25, 0.3) is 5.91 Å². The predicted octanol–water partition coefficient (Wildman–Crippen LogP) is 2.59. The Bertz CT molecular complexity index is 819. The Labute approximate surface area is 141 Å². The van der Waals surface area contributed by atoms with Crippen molar-refractivity contribution in [3.63, 3.8) is 0 Å². The van der Waals surface area contributed by atoms with Gasteiger partial charge >= 0.3 is 18.2 Å². The number of benzene rings is 1. The summed E-state index contributed by atoms with van der Waals surface area (Å²) in [6.45, 7) is -2.49. The standard InChI is InChI=1S/C14H10F4N2O4S/c15-8-2-1-3-9-7(8)4-10(25-9)12(22)24-5-11(21)20-13(23)19-6-14(16,17)18/h1-4H,5-6H2,(H2,19,20,21,23). The van der Waals surface area contributed by atoms with Crippen LogP contribution in [-0.2, 0) is 9.53 Å². The van der Waals surface area contributed by atoms with Gasteiger partial charge in [0.1, 0.15) is 17.2 Å². The number of fused-ring (bicyclic) bond motifs is 1. The Morgan fingerprint density at radius 3 is 2.56 bits per heavy atom. The van der Waals surface area contributed by atoms with Gasteiger partial charge in [-0.3, -0.25) is 10.1 Å². The first-order valence-electron chi connectivity index (χ1n) is 6.65. The SMILES string of the molecule is O=C(COC(=O)c1cc2c(F)cccc2s1)NC(=O)NCC(F)(F)F. The van der Waals surface area contributed by atoms with Crippen LogP contribution in [0, 0.1) is 5.82 Å². The van der Waals surface area contributed by atoms with Gasteiger partial charge in [0.2, 0.25) is 0 Å². The van der Waals surface area contributed by atoms with Gasteiger partial charge in [0.05, 0.1) is 0 Å². The van der Waals surface area contributed by atoms with Gasteiger partial charge in [-0.2, -0.15) is 13.2 Å². The Hall–Kier alpha value is -2.69. The summed E-state index contributed by atoms with van der Waals surface area (Å²) in [5.41, 5.74) is 0. The Morgan fingerprint density at radius 2 is 1.92 bits per heavy atom. The number of urea groups is 1. The van der Waals surface area contributed by atoms with E-state index in [9.17, 15) is 31.9 Å². The zero-order chi connectivity index (χ0) is 18.6. The fourth-order valence-corrected chi connectivity index (χ4v) is 2.68. The molecule has 134 valence electrons. The zero-order valence-electron chi connectivity index (χ0n) is 12.3. The lowest BCUT2D eigenvalue weighted by Crippen LogP contribution is -2.44. The number of alkyl halides is 3. The van der Waals surface area contributed by atoms with E-state index in [1.54, 1.807) is 11.4 Å². The molecule has 0 saturated carbocycles. The first kappa shape index (κ1) is 18.6. The molecule has 0 aliphatic heterocycles. The van der Waals surface area contributed by atoms with Crippen LogP contribution < -0.4 is 10.6 Å². The summed E-state index contributed by atoms with van der Waals surface area (Å²) in [4.78, 5) is 34.2. The molecule has 1 aromatic heterocycles. The molecule has 11 heteroatoms. The van der Waals surface area contributed by atoms with Crippen LogP contribution >= 0.6 is 11.3 Å². The Balaban J connectivity index is 1.85. The highest BCUT2D eigenvalue weighted by Crippen LogP contribution is 2.28. The summed E-state index contributed by atoms with van der Waals surface area (Å²) in [6, 6.07) is 4.17. The zero-order valence-corrected chi connectivity index (χ0v) is 13.1. The van der Waals surface area contributed by atoms with Crippen LogP contribution in [0.3, 0.4) is 0 Å². The van der Waals surface area contributed by atoms with Gasteiger partial charge in [0.15, 0.2) is 6.61 Å². The van der Waals surface area contributed by atoms with Crippen molar-refractivity contribution >= 4 is 39.3 Å². The van der Waals surface area contributed by atoms with Crippen molar-refractivity contribution in [3.8, 4) is 0 Å². The van der Waals surface area contributed by atoms with Gasteiger partial charge in [-0.15, -0.1) is 11.3 Å². The number of amides is 3. The third-order valence-electron chi connectivity index (χ3n) is 2.75. The van der Waals surface area contributed by atoms with Gasteiger partial charge < -0.3 is 10.1 Å². The molecule has 0 aliphatic rings. The number of ether oxygens (including phenoxy) is 1. The highest BCUT2D eigenvalue weighted by molar-refractivity contribution is 7.20. The maximum Gasteiger partial charge on any atom is 0.405 e. The molecule has 0 aliphatic carbocycles. The summed E-state index contributed by atoms with van der Waals surface area (Å²) in [5, 5.41) is 3.21. The number of hydrogen-bond donors (Lipinski definition) is 2. The number of imide groups is 1. The van der Waals surface area contributed by atoms with Crippen LogP contribution in [0.4, 0.5) is 22.4 Å². The number of carbonyl (C=O) groups excluding carboxylic acids is 3. The van der Waals surface area contributed by atoms with Crippen molar-refractivity contribution in [2.75, 3.05) is 13.2 Å². The lowest BCUT2D eigenvalue weighted by atomic mass is 10.2. The van der Waals surface area contributed by atoms with Gasteiger partial charge in [-0.25, -0.2) is 14.0 Å². The molecule has 0 unspecified atom stereocenters. The highest BCUT2D eigenvalue weighted by Gasteiger charge is 2.28. The molecule has 3 amide bonds. The van der Waals surface area contributed by atoms with Crippen LogP contribution in [0.5, 0.6) is 0 Å². The van der Waals surface area contributed by atoms with Crippen LogP contribution in [-0.4, -0.2) is 37.2 Å². The second-order valence-electron chi connectivity index (χ2n) is 4.68. The number of thiophene rings is 1. The van der Waals surface area contributed by atoms with Crippen LogP contribution in [0.2, 0.25) is 0 Å². The second-order valence-corrected chi connectivity index (χ2v) is 5.77. The lowest BCUT2D eigenvalue weighted by molar-refractivity contribution is -0.125. The number of rotatable bonds is 4. The number of halogens is 4. The van der Waals surface area contributed by atoms with Gasteiger partial charge in [-0.1, -0.05) is 6.07 Å². The molecule has 1 aromatic carbocycles. The van der Waals surface area contributed by atoms with Crippen molar-refractivity contribution in [1.82, 2.24) is 10.6 Å². The Morgan fingerprint density at radius 1 is 1.20 bits per heavy atom. The summed E-state index contributed by atoms with van der Waals surface area (Å²) in [5.74, 6) is -2.56. The van der Waals surface area contributed by atoms with E-state index in [0.29, 0.717) is 4.70 Å².